The van der Waals surface area contributed by atoms with Gasteiger partial charge in [-0.2, -0.15) is 10.1 Å². The third kappa shape index (κ3) is 4.03. The predicted molar refractivity (Wildman–Crippen MR) is 108 cm³/mol. The molecule has 0 unspecified atom stereocenters. The first-order chi connectivity index (χ1) is 13.8. The fourth-order valence-corrected chi connectivity index (χ4v) is 3.06. The molecule has 29 heavy (non-hydrogen) atoms. The van der Waals surface area contributed by atoms with E-state index in [1.807, 2.05) is 13.1 Å². The van der Waals surface area contributed by atoms with Crippen molar-refractivity contribution in [2.45, 2.75) is 39.4 Å². The largest absolute Gasteiger partial charge is 0.354 e. The molecule has 1 aliphatic heterocycles. The number of rotatable bonds is 5. The summed E-state index contributed by atoms with van der Waals surface area (Å²) < 4.78 is 14.8. The first kappa shape index (κ1) is 18.9. The first-order valence-electron chi connectivity index (χ1n) is 9.28. The Morgan fingerprint density at radius 1 is 1.17 bits per heavy atom. The Morgan fingerprint density at radius 3 is 2.69 bits per heavy atom. The van der Waals surface area contributed by atoms with Crippen molar-refractivity contribution < 1.29 is 9.18 Å². The van der Waals surface area contributed by atoms with E-state index in [2.05, 4.69) is 31.0 Å². The molecule has 3 aromatic rings. The molecule has 1 amide bonds. The van der Waals surface area contributed by atoms with Crippen molar-refractivity contribution in [3.05, 3.63) is 59.3 Å². The number of benzene rings is 1. The normalized spacial score (nSPS) is 14.7. The highest BCUT2D eigenvalue weighted by Gasteiger charge is 2.34. The maximum absolute atomic E-state index is 13.0. The fourth-order valence-electron chi connectivity index (χ4n) is 3.06. The zero-order valence-corrected chi connectivity index (χ0v) is 16.5. The van der Waals surface area contributed by atoms with E-state index in [1.54, 1.807) is 36.9 Å². The maximum Gasteiger partial charge on any atom is 0.249 e. The third-order valence-electron chi connectivity index (χ3n) is 4.72. The van der Waals surface area contributed by atoms with Gasteiger partial charge in [0.25, 0.3) is 0 Å². The standard InChI is InChI=1S/C20H22FN7O/c1-12-16-17(27-20(2,3)18(29)25-16)26-19(24-12)22-8-14-9-23-28(11-14)10-13-4-6-15(21)7-5-13/h4-7,9,11H,8,10H2,1-3H3,(H,25,29)(H2,22,24,26,27). The van der Waals surface area contributed by atoms with Crippen molar-refractivity contribution in [3.8, 4) is 0 Å². The Morgan fingerprint density at radius 2 is 1.93 bits per heavy atom. The molecule has 0 atom stereocenters. The fraction of sp³-hybridized carbons (Fsp3) is 0.300. The lowest BCUT2D eigenvalue weighted by Crippen LogP contribution is -2.48. The number of hydrogen-bond acceptors (Lipinski definition) is 6. The molecule has 0 aliphatic carbocycles. The van der Waals surface area contributed by atoms with Crippen LogP contribution in [0, 0.1) is 12.7 Å². The zero-order chi connectivity index (χ0) is 20.6. The van der Waals surface area contributed by atoms with E-state index < -0.39 is 5.54 Å². The molecule has 1 aromatic carbocycles. The van der Waals surface area contributed by atoms with Crippen molar-refractivity contribution in [2.75, 3.05) is 16.0 Å². The summed E-state index contributed by atoms with van der Waals surface area (Å²) in [5, 5.41) is 13.6. The average molecular weight is 395 g/mol. The van der Waals surface area contributed by atoms with Gasteiger partial charge in [-0.15, -0.1) is 0 Å². The number of carbonyl (C=O) groups excluding carboxylic acids is 1. The van der Waals surface area contributed by atoms with Crippen LogP contribution in [0.2, 0.25) is 0 Å². The number of hydrogen-bond donors (Lipinski definition) is 3. The van der Waals surface area contributed by atoms with Crippen LogP contribution < -0.4 is 16.0 Å². The van der Waals surface area contributed by atoms with Crippen molar-refractivity contribution in [1.82, 2.24) is 19.7 Å². The Balaban J connectivity index is 1.43. The Labute approximate surface area is 167 Å². The molecule has 1 aliphatic rings. The molecule has 0 saturated heterocycles. The number of aryl methyl sites for hydroxylation is 1. The molecule has 3 N–H and O–H groups in total. The number of anilines is 3. The summed E-state index contributed by atoms with van der Waals surface area (Å²) >= 11 is 0. The summed E-state index contributed by atoms with van der Waals surface area (Å²) in [6.07, 6.45) is 3.69. The minimum atomic E-state index is -0.743. The van der Waals surface area contributed by atoms with E-state index in [0.29, 0.717) is 36.2 Å². The van der Waals surface area contributed by atoms with Crippen LogP contribution in [-0.2, 0) is 17.9 Å². The van der Waals surface area contributed by atoms with E-state index in [9.17, 15) is 9.18 Å². The Bertz CT molecular complexity index is 1060. The second-order valence-corrected chi connectivity index (χ2v) is 7.59. The number of nitrogens with one attached hydrogen (secondary N) is 3. The van der Waals surface area contributed by atoms with Gasteiger partial charge in [0.15, 0.2) is 5.82 Å². The quantitative estimate of drug-likeness (QED) is 0.615. The minimum absolute atomic E-state index is 0.119. The summed E-state index contributed by atoms with van der Waals surface area (Å²) in [7, 11) is 0. The van der Waals surface area contributed by atoms with E-state index in [0.717, 1.165) is 11.1 Å². The number of amides is 1. The van der Waals surface area contributed by atoms with Gasteiger partial charge in [-0.1, -0.05) is 12.1 Å². The summed E-state index contributed by atoms with van der Waals surface area (Å²) in [5.41, 5.74) is 2.48. The van der Waals surface area contributed by atoms with Crippen molar-refractivity contribution in [3.63, 3.8) is 0 Å². The minimum Gasteiger partial charge on any atom is -0.354 e. The lowest BCUT2D eigenvalue weighted by Gasteiger charge is -2.32. The molecule has 0 fully saturated rings. The highest BCUT2D eigenvalue weighted by atomic mass is 19.1. The highest BCUT2D eigenvalue weighted by molar-refractivity contribution is 6.05. The molecule has 2 aromatic heterocycles. The average Bonchev–Trinajstić information content (AvgIpc) is 3.11. The molecule has 0 spiro atoms. The van der Waals surface area contributed by atoms with E-state index in [-0.39, 0.29) is 11.7 Å². The van der Waals surface area contributed by atoms with E-state index >= 15 is 0 Å². The van der Waals surface area contributed by atoms with Crippen LogP contribution >= 0.6 is 0 Å². The molecule has 9 heteroatoms. The second-order valence-electron chi connectivity index (χ2n) is 7.59. The van der Waals surface area contributed by atoms with Crippen molar-refractivity contribution >= 4 is 23.4 Å². The van der Waals surface area contributed by atoms with Crippen LogP contribution in [-0.4, -0.2) is 31.2 Å². The van der Waals surface area contributed by atoms with Gasteiger partial charge in [-0.3, -0.25) is 9.48 Å². The van der Waals surface area contributed by atoms with Gasteiger partial charge < -0.3 is 16.0 Å². The number of nitrogens with zero attached hydrogens (tertiary/aromatic N) is 4. The van der Waals surface area contributed by atoms with Crippen LogP contribution in [0.3, 0.4) is 0 Å². The highest BCUT2D eigenvalue weighted by Crippen LogP contribution is 2.31. The topological polar surface area (TPSA) is 96.8 Å². The number of halogens is 1. The van der Waals surface area contributed by atoms with Crippen LogP contribution in [0.15, 0.2) is 36.7 Å². The molecule has 8 nitrogen and oxygen atoms in total. The van der Waals surface area contributed by atoms with Gasteiger partial charge >= 0.3 is 0 Å². The van der Waals surface area contributed by atoms with Gasteiger partial charge in [0.05, 0.1) is 18.4 Å². The molecule has 4 rings (SSSR count). The van der Waals surface area contributed by atoms with E-state index in [4.69, 9.17) is 0 Å². The number of carbonyl (C=O) groups is 1. The summed E-state index contributed by atoms with van der Waals surface area (Å²) in [5.74, 6) is 0.687. The lowest BCUT2D eigenvalue weighted by atomic mass is 10.0. The zero-order valence-electron chi connectivity index (χ0n) is 16.5. The van der Waals surface area contributed by atoms with E-state index in [1.165, 1.54) is 12.1 Å². The molecule has 150 valence electrons. The van der Waals surface area contributed by atoms with Crippen LogP contribution in [0.1, 0.15) is 30.7 Å². The Hall–Kier alpha value is -3.49. The first-order valence-corrected chi connectivity index (χ1v) is 9.28. The van der Waals surface area contributed by atoms with Crippen LogP contribution in [0.25, 0.3) is 0 Å². The molecular weight excluding hydrogens is 373 g/mol. The number of fused-ring (bicyclic) bond motifs is 1. The summed E-state index contributed by atoms with van der Waals surface area (Å²) in [6, 6.07) is 6.36. The smallest absolute Gasteiger partial charge is 0.249 e. The lowest BCUT2D eigenvalue weighted by molar-refractivity contribution is -0.119. The Kier molecular flexibility index (Phi) is 4.65. The second kappa shape index (κ2) is 7.16. The van der Waals surface area contributed by atoms with Gasteiger partial charge in [-0.05, 0) is 38.5 Å². The van der Waals surface area contributed by atoms with Crippen molar-refractivity contribution in [1.29, 1.82) is 0 Å². The monoisotopic (exact) mass is 395 g/mol. The van der Waals surface area contributed by atoms with Gasteiger partial charge in [0, 0.05) is 18.3 Å². The van der Waals surface area contributed by atoms with Crippen LogP contribution in [0.4, 0.5) is 21.8 Å². The molecular formula is C20H22FN7O. The summed E-state index contributed by atoms with van der Waals surface area (Å²) in [6.45, 7) is 6.48. The van der Waals surface area contributed by atoms with Crippen LogP contribution in [0.5, 0.6) is 0 Å². The molecule has 0 bridgehead atoms. The SMILES string of the molecule is Cc1nc(NCc2cnn(Cc3ccc(F)cc3)c2)nc2c1NC(=O)C(C)(C)N2. The van der Waals surface area contributed by atoms with Crippen molar-refractivity contribution in [2.24, 2.45) is 0 Å². The van der Waals surface area contributed by atoms with Gasteiger partial charge in [0.2, 0.25) is 11.9 Å². The predicted octanol–water partition coefficient (Wildman–Crippen LogP) is 2.92. The molecule has 0 saturated carbocycles. The van der Waals surface area contributed by atoms with Gasteiger partial charge in [0.1, 0.15) is 17.0 Å². The maximum atomic E-state index is 13.0. The molecule has 0 radical (unpaired) electrons. The van der Waals surface area contributed by atoms with Gasteiger partial charge in [-0.25, -0.2) is 9.37 Å². The third-order valence-corrected chi connectivity index (χ3v) is 4.72. The molecule has 3 heterocycles. The number of aromatic nitrogens is 4. The summed E-state index contributed by atoms with van der Waals surface area (Å²) in [4.78, 5) is 21.0.